The second kappa shape index (κ2) is 17.5. The molecule has 0 unspecified atom stereocenters. The monoisotopic (exact) mass is 922 g/mol. The van der Waals surface area contributed by atoms with E-state index in [1.807, 2.05) is 0 Å². The van der Waals surface area contributed by atoms with Crippen molar-refractivity contribution in [2.24, 2.45) is 0 Å². The maximum absolute atomic E-state index is 2.46. The van der Waals surface area contributed by atoms with Crippen LogP contribution in [0, 0.1) is 0 Å². The predicted octanol–water partition coefficient (Wildman–Crippen LogP) is 21.4. The summed E-state index contributed by atoms with van der Waals surface area (Å²) in [6.07, 6.45) is 11.6. The molecule has 0 aliphatic rings. The number of aryl methyl sites for hydroxylation is 2. The highest BCUT2D eigenvalue weighted by Crippen LogP contribution is 2.57. The fourth-order valence-electron chi connectivity index (χ4n) is 13.8. The molecule has 0 aliphatic heterocycles. The van der Waals surface area contributed by atoms with E-state index in [9.17, 15) is 0 Å². The summed E-state index contributed by atoms with van der Waals surface area (Å²) in [4.78, 5) is 0. The van der Waals surface area contributed by atoms with Gasteiger partial charge >= 0.3 is 0 Å². The maximum Gasteiger partial charge on any atom is -0.0000721 e. The Kier molecular flexibility index (Phi) is 10.5. The molecule has 0 bridgehead atoms. The molecule has 0 atom stereocenters. The summed E-state index contributed by atoms with van der Waals surface area (Å²) in [5.41, 5.74) is 5.73. The van der Waals surface area contributed by atoms with E-state index >= 15 is 0 Å². The lowest BCUT2D eigenvalue weighted by Crippen LogP contribution is -2.02. The van der Waals surface area contributed by atoms with Crippen molar-refractivity contribution in [2.45, 2.75) is 78.1 Å². The van der Waals surface area contributed by atoms with Gasteiger partial charge in [0.15, 0.2) is 0 Å². The Morgan fingerprint density at radius 1 is 0.194 bits per heavy atom. The largest absolute Gasteiger partial charge is 0.0654 e. The summed E-state index contributed by atoms with van der Waals surface area (Å²) in [7, 11) is 0. The Morgan fingerprint density at radius 3 is 0.569 bits per heavy atom. The van der Waals surface area contributed by atoms with Crippen molar-refractivity contribution in [1.82, 2.24) is 0 Å². The summed E-state index contributed by atoms with van der Waals surface area (Å²) in [5, 5.41) is 32.5. The summed E-state index contributed by atoms with van der Waals surface area (Å²) < 4.78 is 0. The van der Waals surface area contributed by atoms with Crippen molar-refractivity contribution in [1.29, 1.82) is 0 Å². The molecule has 0 saturated heterocycles. The van der Waals surface area contributed by atoms with Gasteiger partial charge < -0.3 is 0 Å². The van der Waals surface area contributed by atoms with E-state index in [0.29, 0.717) is 0 Å². The van der Waals surface area contributed by atoms with Gasteiger partial charge in [-0.3, -0.25) is 0 Å². The van der Waals surface area contributed by atoms with Gasteiger partial charge in [-0.25, -0.2) is 0 Å². The number of benzene rings is 14. The molecular formula is C72H58. The van der Waals surface area contributed by atoms with E-state index in [2.05, 4.69) is 208 Å². The van der Waals surface area contributed by atoms with Crippen molar-refractivity contribution < 1.29 is 0 Å². The van der Waals surface area contributed by atoms with Gasteiger partial charge in [0, 0.05) is 0 Å². The van der Waals surface area contributed by atoms with E-state index < -0.39 is 0 Å². The van der Waals surface area contributed by atoms with E-state index in [1.54, 1.807) is 0 Å². The van der Waals surface area contributed by atoms with Crippen LogP contribution >= 0.6 is 0 Å². The number of rotatable bonds is 11. The van der Waals surface area contributed by atoms with E-state index in [1.165, 1.54) is 190 Å². The Balaban J connectivity index is 1.39. The van der Waals surface area contributed by atoms with Crippen LogP contribution in [0.25, 0.3) is 140 Å². The van der Waals surface area contributed by atoms with Crippen LogP contribution < -0.4 is 0 Å². The van der Waals surface area contributed by atoms with Gasteiger partial charge in [-0.2, -0.15) is 0 Å². The molecule has 14 rings (SSSR count). The molecule has 0 heterocycles. The molecule has 72 heavy (non-hydrogen) atoms. The van der Waals surface area contributed by atoms with Crippen LogP contribution in [0.3, 0.4) is 0 Å². The van der Waals surface area contributed by atoms with Crippen LogP contribution in [0.15, 0.2) is 194 Å². The molecule has 0 N–H and O–H groups in total. The number of hydrogen-bond acceptors (Lipinski definition) is 0. The average Bonchev–Trinajstić information content (AvgIpc) is 3.45. The molecule has 0 fully saturated rings. The van der Waals surface area contributed by atoms with Crippen LogP contribution in [0.5, 0.6) is 0 Å². The smallest absolute Gasteiger partial charge is 0.0000721 e. The summed E-state index contributed by atoms with van der Waals surface area (Å²) >= 11 is 0. The van der Waals surface area contributed by atoms with Gasteiger partial charge in [-0.15, -0.1) is 0 Å². The highest BCUT2D eigenvalue weighted by Gasteiger charge is 2.30. The standard InChI is InChI=1S/C72H58/c1-3-5-7-9-43-61-63-53-35-19-11-27-45(53)49-31-15-23-39-57(49)67(63)71(68-58-40-24-16-32-50(58)46-28-12-20-36-54(46)64(61)68)72-69-59-41-25-17-33-51(59)47-29-13-21-37-55(47)65(69)62(44-10-8-6-4-2)66-56-38-22-14-30-48(56)52-34-18-26-42-60(52)70(66)72/h11-42H,3-10,43-44H2,1-2H3. The average molecular weight is 923 g/mol. The van der Waals surface area contributed by atoms with Gasteiger partial charge in [0.25, 0.3) is 0 Å². The Morgan fingerprint density at radius 2 is 0.375 bits per heavy atom. The number of fused-ring (bicyclic) bond motifs is 24. The van der Waals surface area contributed by atoms with Crippen molar-refractivity contribution >= 4 is 129 Å². The first-order valence-corrected chi connectivity index (χ1v) is 27.0. The minimum Gasteiger partial charge on any atom is -0.0654 e. The predicted molar refractivity (Wildman–Crippen MR) is 318 cm³/mol. The molecule has 346 valence electrons. The fourth-order valence-corrected chi connectivity index (χ4v) is 13.8. The highest BCUT2D eigenvalue weighted by atomic mass is 14.3. The van der Waals surface area contributed by atoms with E-state index in [-0.39, 0.29) is 0 Å². The normalized spacial score (nSPS) is 12.3. The van der Waals surface area contributed by atoms with Crippen molar-refractivity contribution in [2.75, 3.05) is 0 Å². The zero-order valence-corrected chi connectivity index (χ0v) is 41.5. The number of unbranched alkanes of at least 4 members (excludes halogenated alkanes) is 6. The van der Waals surface area contributed by atoms with Crippen LogP contribution in [-0.2, 0) is 12.8 Å². The SMILES string of the molecule is CCCCCCc1c2c3ccccc3c3ccccc3c2c(-c2c3c4ccccc4c4ccccc4c3c(CCCCCC)c3c4ccccc4c4ccccc4c23)c2c3ccccc3c3ccccc3c12. The fraction of sp³-hybridized carbons (Fsp3) is 0.167. The van der Waals surface area contributed by atoms with Crippen LogP contribution in [0.2, 0.25) is 0 Å². The lowest BCUT2D eigenvalue weighted by atomic mass is 9.74. The number of hydrogen-bond donors (Lipinski definition) is 0. The van der Waals surface area contributed by atoms with E-state index in [4.69, 9.17) is 0 Å². The first-order chi connectivity index (χ1) is 35.8. The van der Waals surface area contributed by atoms with Gasteiger partial charge in [-0.05, 0) is 177 Å². The molecular weight excluding hydrogens is 865 g/mol. The topological polar surface area (TPSA) is 0 Å². The third-order valence-electron chi connectivity index (χ3n) is 16.7. The third-order valence-corrected chi connectivity index (χ3v) is 16.7. The zero-order chi connectivity index (χ0) is 47.9. The van der Waals surface area contributed by atoms with Crippen LogP contribution in [0.1, 0.15) is 76.3 Å². The second-order valence-corrected chi connectivity index (χ2v) is 20.7. The quantitative estimate of drug-likeness (QED) is 0.0689. The van der Waals surface area contributed by atoms with Gasteiger partial charge in [0.1, 0.15) is 0 Å². The van der Waals surface area contributed by atoms with E-state index in [0.717, 1.165) is 25.7 Å². The highest BCUT2D eigenvalue weighted by molar-refractivity contribution is 6.46. The molecule has 0 saturated carbocycles. The molecule has 0 spiro atoms. The lowest BCUT2D eigenvalue weighted by molar-refractivity contribution is 0.670. The Hall–Kier alpha value is -7.80. The molecule has 0 aromatic heterocycles. The van der Waals surface area contributed by atoms with Crippen LogP contribution in [-0.4, -0.2) is 0 Å². The minimum absolute atomic E-state index is 1.01. The molecule has 0 radical (unpaired) electrons. The van der Waals surface area contributed by atoms with Crippen molar-refractivity contribution in [3.05, 3.63) is 205 Å². The molecule has 14 aromatic carbocycles. The zero-order valence-electron chi connectivity index (χ0n) is 41.5. The third kappa shape index (κ3) is 6.31. The molecule has 0 aliphatic carbocycles. The van der Waals surface area contributed by atoms with Gasteiger partial charge in [-0.1, -0.05) is 246 Å². The summed E-state index contributed by atoms with van der Waals surface area (Å²) in [5.74, 6) is 0. The molecule has 14 aromatic rings. The summed E-state index contributed by atoms with van der Waals surface area (Å²) in [6, 6.07) is 75.1. The van der Waals surface area contributed by atoms with Gasteiger partial charge in [0.05, 0.1) is 0 Å². The lowest BCUT2D eigenvalue weighted by Gasteiger charge is -2.28. The first kappa shape index (κ1) is 43.0. The second-order valence-electron chi connectivity index (χ2n) is 20.7. The van der Waals surface area contributed by atoms with Crippen molar-refractivity contribution in [3.63, 3.8) is 0 Å². The maximum atomic E-state index is 2.46. The summed E-state index contributed by atoms with van der Waals surface area (Å²) in [6.45, 7) is 4.67. The molecule has 0 heteroatoms. The van der Waals surface area contributed by atoms with Gasteiger partial charge in [0.2, 0.25) is 0 Å². The van der Waals surface area contributed by atoms with Crippen molar-refractivity contribution in [3.8, 4) is 11.1 Å². The molecule has 0 amide bonds. The first-order valence-electron chi connectivity index (χ1n) is 27.0. The van der Waals surface area contributed by atoms with Crippen LogP contribution in [0.4, 0.5) is 0 Å². The Bertz CT molecular complexity index is 3960. The molecule has 0 nitrogen and oxygen atoms in total. The minimum atomic E-state index is 1.01. The Labute approximate surface area is 421 Å².